The van der Waals surface area contributed by atoms with Gasteiger partial charge in [-0.05, 0) is 12.8 Å². The van der Waals surface area contributed by atoms with E-state index in [1.807, 2.05) is 25.1 Å². The fraction of sp³-hybridized carbons (Fsp3) is 0.750. The van der Waals surface area contributed by atoms with Crippen molar-refractivity contribution in [3.8, 4) is 0 Å². The van der Waals surface area contributed by atoms with E-state index in [0.29, 0.717) is 6.54 Å². The number of anilines is 2. The van der Waals surface area contributed by atoms with E-state index >= 15 is 0 Å². The van der Waals surface area contributed by atoms with Gasteiger partial charge in [0.2, 0.25) is 0 Å². The van der Waals surface area contributed by atoms with Crippen LogP contribution >= 0.6 is 0 Å². The lowest BCUT2D eigenvalue weighted by Crippen LogP contribution is -2.39. The number of hydrogen-bond donors (Lipinski definition) is 2. The maximum atomic E-state index is 10.6. The highest BCUT2D eigenvalue weighted by Gasteiger charge is 2.33. The van der Waals surface area contributed by atoms with Crippen molar-refractivity contribution in [2.24, 2.45) is 0 Å². The van der Waals surface area contributed by atoms with Gasteiger partial charge < -0.3 is 15.3 Å². The Bertz CT molecular complexity index is 490. The van der Waals surface area contributed by atoms with Crippen LogP contribution in [0.25, 0.3) is 0 Å². The second-order valence-corrected chi connectivity index (χ2v) is 7.22. The summed E-state index contributed by atoms with van der Waals surface area (Å²) in [7, 11) is 3.85. The summed E-state index contributed by atoms with van der Waals surface area (Å²) in [5.41, 5.74) is -0.673. The summed E-state index contributed by atoms with van der Waals surface area (Å²) in [6.07, 6.45) is 3.99. The molecule has 1 aliphatic carbocycles. The van der Waals surface area contributed by atoms with Gasteiger partial charge in [0.15, 0.2) is 0 Å². The minimum absolute atomic E-state index is 0.104. The van der Waals surface area contributed by atoms with E-state index in [2.05, 4.69) is 36.1 Å². The summed E-state index contributed by atoms with van der Waals surface area (Å²) < 4.78 is 0. The molecule has 1 fully saturated rings. The zero-order valence-corrected chi connectivity index (χ0v) is 13.9. The first-order valence-corrected chi connectivity index (χ1v) is 7.74. The average Bonchev–Trinajstić information content (AvgIpc) is 2.83. The molecule has 0 aromatic carbocycles. The van der Waals surface area contributed by atoms with Gasteiger partial charge in [-0.2, -0.15) is 0 Å². The van der Waals surface area contributed by atoms with Gasteiger partial charge in [0, 0.05) is 32.1 Å². The van der Waals surface area contributed by atoms with E-state index in [4.69, 9.17) is 0 Å². The molecular weight excluding hydrogens is 264 g/mol. The van der Waals surface area contributed by atoms with Crippen molar-refractivity contribution in [1.82, 2.24) is 9.97 Å². The van der Waals surface area contributed by atoms with E-state index in [0.717, 1.165) is 43.1 Å². The molecule has 0 radical (unpaired) electrons. The van der Waals surface area contributed by atoms with Gasteiger partial charge in [0.25, 0.3) is 0 Å². The van der Waals surface area contributed by atoms with Crippen molar-refractivity contribution in [3.63, 3.8) is 0 Å². The van der Waals surface area contributed by atoms with Crippen molar-refractivity contribution in [3.05, 3.63) is 11.9 Å². The topological polar surface area (TPSA) is 61.3 Å². The van der Waals surface area contributed by atoms with Crippen LogP contribution in [-0.4, -0.2) is 41.3 Å². The molecule has 1 aliphatic rings. The molecule has 0 atom stereocenters. The summed E-state index contributed by atoms with van der Waals surface area (Å²) in [5.74, 6) is 2.49. The average molecular weight is 292 g/mol. The van der Waals surface area contributed by atoms with E-state index in [1.54, 1.807) is 0 Å². The van der Waals surface area contributed by atoms with Crippen LogP contribution in [-0.2, 0) is 5.41 Å². The van der Waals surface area contributed by atoms with Crippen LogP contribution in [0.5, 0.6) is 0 Å². The standard InChI is InChI=1S/C16H28N4O/c1-15(2,3)14-18-12(17-4)10-13(19-14)20(5)11-16(21)8-6-7-9-16/h10,21H,6-9,11H2,1-5H3,(H,17,18,19). The molecule has 1 saturated carbocycles. The number of likely N-dealkylation sites (N-methyl/N-ethyl adjacent to an activating group) is 1. The number of rotatable bonds is 4. The third-order valence-electron chi connectivity index (χ3n) is 4.10. The monoisotopic (exact) mass is 292 g/mol. The van der Waals surface area contributed by atoms with E-state index in [9.17, 15) is 5.11 Å². The highest BCUT2D eigenvalue weighted by atomic mass is 16.3. The first-order valence-electron chi connectivity index (χ1n) is 7.74. The third kappa shape index (κ3) is 3.84. The van der Waals surface area contributed by atoms with E-state index in [1.165, 1.54) is 0 Å². The van der Waals surface area contributed by atoms with Gasteiger partial charge in [-0.3, -0.25) is 0 Å². The molecule has 1 heterocycles. The third-order valence-corrected chi connectivity index (χ3v) is 4.10. The molecule has 21 heavy (non-hydrogen) atoms. The maximum absolute atomic E-state index is 10.6. The number of aromatic nitrogens is 2. The second kappa shape index (κ2) is 5.79. The zero-order valence-electron chi connectivity index (χ0n) is 13.9. The van der Waals surface area contributed by atoms with Crippen LogP contribution in [0.1, 0.15) is 52.3 Å². The Morgan fingerprint density at radius 1 is 1.29 bits per heavy atom. The lowest BCUT2D eigenvalue weighted by molar-refractivity contribution is 0.0558. The molecule has 0 saturated heterocycles. The van der Waals surface area contributed by atoms with Gasteiger partial charge in [0.1, 0.15) is 17.5 Å². The summed E-state index contributed by atoms with van der Waals surface area (Å²) in [6, 6.07) is 1.94. The SMILES string of the molecule is CNc1cc(N(C)CC2(O)CCCC2)nc(C(C)(C)C)n1. The smallest absolute Gasteiger partial charge is 0.138 e. The summed E-state index contributed by atoms with van der Waals surface area (Å²) in [6.45, 7) is 6.94. The number of hydrogen-bond acceptors (Lipinski definition) is 5. The molecule has 5 nitrogen and oxygen atoms in total. The Morgan fingerprint density at radius 3 is 2.43 bits per heavy atom. The quantitative estimate of drug-likeness (QED) is 0.893. The minimum atomic E-state index is -0.568. The first-order chi connectivity index (χ1) is 9.73. The molecular formula is C16H28N4O. The molecule has 118 valence electrons. The Morgan fingerprint density at radius 2 is 1.90 bits per heavy atom. The van der Waals surface area contributed by atoms with Crippen LogP contribution in [0.2, 0.25) is 0 Å². The van der Waals surface area contributed by atoms with Gasteiger partial charge in [0.05, 0.1) is 5.60 Å². The molecule has 1 aromatic rings. The van der Waals surface area contributed by atoms with Gasteiger partial charge in [-0.1, -0.05) is 33.6 Å². The normalized spacial score (nSPS) is 17.8. The van der Waals surface area contributed by atoms with Crippen molar-refractivity contribution in [2.45, 2.75) is 57.5 Å². The lowest BCUT2D eigenvalue weighted by atomic mass is 9.95. The molecule has 0 amide bonds. The molecule has 1 aromatic heterocycles. The Kier molecular flexibility index (Phi) is 4.42. The van der Waals surface area contributed by atoms with Crippen molar-refractivity contribution < 1.29 is 5.11 Å². The molecule has 2 N–H and O–H groups in total. The lowest BCUT2D eigenvalue weighted by Gasteiger charge is -2.30. The highest BCUT2D eigenvalue weighted by Crippen LogP contribution is 2.31. The van der Waals surface area contributed by atoms with Crippen molar-refractivity contribution in [1.29, 1.82) is 0 Å². The van der Waals surface area contributed by atoms with Crippen LogP contribution in [0.15, 0.2) is 6.07 Å². The number of aliphatic hydroxyl groups is 1. The summed E-state index contributed by atoms with van der Waals surface area (Å²) in [4.78, 5) is 11.3. The van der Waals surface area contributed by atoms with E-state index < -0.39 is 5.60 Å². The Labute approximate surface area is 127 Å². The first kappa shape index (κ1) is 16.0. The van der Waals surface area contributed by atoms with Crippen molar-refractivity contribution >= 4 is 11.6 Å². The highest BCUT2D eigenvalue weighted by molar-refractivity contribution is 5.49. The van der Waals surface area contributed by atoms with Crippen molar-refractivity contribution in [2.75, 3.05) is 30.9 Å². The van der Waals surface area contributed by atoms with Gasteiger partial charge in [-0.25, -0.2) is 9.97 Å². The second-order valence-electron chi connectivity index (χ2n) is 7.22. The zero-order chi connectivity index (χ0) is 15.7. The minimum Gasteiger partial charge on any atom is -0.388 e. The Balaban J connectivity index is 2.25. The fourth-order valence-corrected chi connectivity index (χ4v) is 2.81. The van der Waals surface area contributed by atoms with Crippen LogP contribution < -0.4 is 10.2 Å². The molecule has 0 spiro atoms. The summed E-state index contributed by atoms with van der Waals surface area (Å²) >= 11 is 0. The van der Waals surface area contributed by atoms with E-state index in [-0.39, 0.29) is 5.41 Å². The van der Waals surface area contributed by atoms with Crippen LogP contribution in [0.3, 0.4) is 0 Å². The van der Waals surface area contributed by atoms with Gasteiger partial charge >= 0.3 is 0 Å². The predicted octanol–water partition coefficient (Wildman–Crippen LogP) is 2.56. The molecule has 2 rings (SSSR count). The van der Waals surface area contributed by atoms with Crippen LogP contribution in [0, 0.1) is 0 Å². The van der Waals surface area contributed by atoms with Gasteiger partial charge in [-0.15, -0.1) is 0 Å². The largest absolute Gasteiger partial charge is 0.388 e. The molecule has 0 unspecified atom stereocenters. The molecule has 0 aliphatic heterocycles. The summed E-state index contributed by atoms with van der Waals surface area (Å²) in [5, 5.41) is 13.7. The predicted molar refractivity (Wildman–Crippen MR) is 87.0 cm³/mol. The number of nitrogens with zero attached hydrogens (tertiary/aromatic N) is 3. The maximum Gasteiger partial charge on any atom is 0.138 e. The number of nitrogens with one attached hydrogen (secondary N) is 1. The Hall–Kier alpha value is -1.36. The molecule has 0 bridgehead atoms. The molecule has 5 heteroatoms. The van der Waals surface area contributed by atoms with Crippen LogP contribution in [0.4, 0.5) is 11.6 Å². The fourth-order valence-electron chi connectivity index (χ4n) is 2.81.